The van der Waals surface area contributed by atoms with Gasteiger partial charge in [0.25, 0.3) is 0 Å². The van der Waals surface area contributed by atoms with Gasteiger partial charge in [-0.2, -0.15) is 0 Å². The number of pyridine rings is 1. The van der Waals surface area contributed by atoms with Gasteiger partial charge in [-0.3, -0.25) is 0 Å². The van der Waals surface area contributed by atoms with Gasteiger partial charge in [-0.15, -0.1) is 23.5 Å². The molecular formula is C16H19N3OS2. The molecule has 0 saturated carbocycles. The maximum Gasteiger partial charge on any atom is 0.117 e. The Morgan fingerprint density at radius 2 is 1.55 bits per heavy atom. The Bertz CT molecular complexity index is 647. The predicted molar refractivity (Wildman–Crippen MR) is 96.0 cm³/mol. The summed E-state index contributed by atoms with van der Waals surface area (Å²) < 4.78 is 0. The lowest BCUT2D eigenvalue weighted by Crippen LogP contribution is -2.09. The number of oxime groups is 1. The predicted octanol–water partition coefficient (Wildman–Crippen LogP) is 3.82. The minimum atomic E-state index is 0.554. The molecule has 0 bridgehead atoms. The summed E-state index contributed by atoms with van der Waals surface area (Å²) in [7, 11) is 3.99. The van der Waals surface area contributed by atoms with Gasteiger partial charge < -0.3 is 10.1 Å². The van der Waals surface area contributed by atoms with Crippen molar-refractivity contribution >= 4 is 34.9 Å². The van der Waals surface area contributed by atoms with Crippen molar-refractivity contribution in [2.24, 2.45) is 5.16 Å². The first-order chi connectivity index (χ1) is 10.6. The van der Waals surface area contributed by atoms with E-state index in [1.165, 1.54) is 0 Å². The fraction of sp³-hybridized carbons (Fsp3) is 0.250. The van der Waals surface area contributed by atoms with Crippen LogP contribution in [0.2, 0.25) is 0 Å². The Morgan fingerprint density at radius 3 is 1.95 bits per heavy atom. The largest absolute Gasteiger partial charge is 0.410 e. The van der Waals surface area contributed by atoms with Crippen molar-refractivity contribution in [2.45, 2.75) is 10.1 Å². The Kier molecular flexibility index (Phi) is 5.74. The smallest absolute Gasteiger partial charge is 0.117 e. The third-order valence-corrected chi connectivity index (χ3v) is 4.48. The van der Waals surface area contributed by atoms with Gasteiger partial charge in [0.15, 0.2) is 0 Å². The third kappa shape index (κ3) is 3.75. The molecule has 1 aromatic carbocycles. The van der Waals surface area contributed by atoms with Crippen molar-refractivity contribution in [1.29, 1.82) is 0 Å². The van der Waals surface area contributed by atoms with Gasteiger partial charge >= 0.3 is 0 Å². The number of hydrogen-bond acceptors (Lipinski definition) is 6. The van der Waals surface area contributed by atoms with Crippen molar-refractivity contribution in [3.8, 4) is 0 Å². The van der Waals surface area contributed by atoms with E-state index in [4.69, 9.17) is 0 Å². The SMILES string of the molecule is CSc1cc(C(=NO)c2ccc(N(C)C)cc2)cc(SC)n1. The van der Waals surface area contributed by atoms with E-state index < -0.39 is 0 Å². The number of thioether (sulfide) groups is 2. The standard InChI is InChI=1S/C16H19N3OS2/c1-19(2)13-7-5-11(6-8-13)16(18-20)12-9-14(21-3)17-15(10-12)22-4/h5-10,20H,1-4H3. The summed E-state index contributed by atoms with van der Waals surface area (Å²) in [4.78, 5) is 6.53. The maximum atomic E-state index is 9.48. The molecule has 0 atom stereocenters. The van der Waals surface area contributed by atoms with Gasteiger partial charge in [-0.05, 0) is 36.8 Å². The average Bonchev–Trinajstić information content (AvgIpc) is 2.55. The first kappa shape index (κ1) is 16.7. The highest BCUT2D eigenvalue weighted by Gasteiger charge is 2.11. The Balaban J connectivity index is 2.44. The molecular weight excluding hydrogens is 314 g/mol. The summed E-state index contributed by atoms with van der Waals surface area (Å²) in [6, 6.07) is 11.8. The van der Waals surface area contributed by atoms with Crippen LogP contribution in [0.4, 0.5) is 5.69 Å². The summed E-state index contributed by atoms with van der Waals surface area (Å²) >= 11 is 3.15. The van der Waals surface area contributed by atoms with Crippen LogP contribution in [0.15, 0.2) is 51.6 Å². The lowest BCUT2D eigenvalue weighted by molar-refractivity contribution is 0.319. The summed E-state index contributed by atoms with van der Waals surface area (Å²) in [5.74, 6) is 0. The molecule has 1 heterocycles. The second-order valence-corrected chi connectivity index (χ2v) is 6.48. The number of anilines is 1. The molecule has 0 saturated heterocycles. The molecule has 0 unspecified atom stereocenters. The summed E-state index contributed by atoms with van der Waals surface area (Å²) in [6.45, 7) is 0. The monoisotopic (exact) mass is 333 g/mol. The molecule has 2 aromatic rings. The van der Waals surface area contributed by atoms with Crippen molar-refractivity contribution in [1.82, 2.24) is 4.98 Å². The molecule has 0 radical (unpaired) electrons. The number of aromatic nitrogens is 1. The first-order valence-electron chi connectivity index (χ1n) is 6.69. The normalized spacial score (nSPS) is 11.5. The van der Waals surface area contributed by atoms with E-state index in [1.807, 2.05) is 67.9 Å². The van der Waals surface area contributed by atoms with Crippen LogP contribution in [-0.4, -0.2) is 42.5 Å². The molecule has 0 aliphatic rings. The summed E-state index contributed by atoms with van der Waals surface area (Å²) in [5, 5.41) is 14.8. The Morgan fingerprint density at radius 1 is 1.00 bits per heavy atom. The molecule has 0 fully saturated rings. The fourth-order valence-electron chi connectivity index (χ4n) is 2.03. The molecule has 1 N–H and O–H groups in total. The highest BCUT2D eigenvalue weighted by molar-refractivity contribution is 7.99. The Labute approximate surface area is 139 Å². The van der Waals surface area contributed by atoms with E-state index in [0.717, 1.165) is 26.9 Å². The number of nitrogens with zero attached hydrogens (tertiary/aromatic N) is 3. The van der Waals surface area contributed by atoms with E-state index >= 15 is 0 Å². The zero-order valence-corrected chi connectivity index (χ0v) is 14.7. The molecule has 0 aliphatic carbocycles. The highest BCUT2D eigenvalue weighted by Crippen LogP contribution is 2.23. The lowest BCUT2D eigenvalue weighted by atomic mass is 10.0. The van der Waals surface area contributed by atoms with E-state index in [0.29, 0.717) is 5.71 Å². The van der Waals surface area contributed by atoms with Gasteiger partial charge in [0, 0.05) is 30.9 Å². The lowest BCUT2D eigenvalue weighted by Gasteiger charge is -2.13. The zero-order valence-electron chi connectivity index (χ0n) is 13.1. The zero-order chi connectivity index (χ0) is 16.1. The van der Waals surface area contributed by atoms with E-state index in [9.17, 15) is 5.21 Å². The highest BCUT2D eigenvalue weighted by atomic mass is 32.2. The van der Waals surface area contributed by atoms with Crippen molar-refractivity contribution in [2.75, 3.05) is 31.5 Å². The molecule has 0 spiro atoms. The van der Waals surface area contributed by atoms with E-state index in [2.05, 4.69) is 10.1 Å². The number of hydrogen-bond donors (Lipinski definition) is 1. The number of rotatable bonds is 5. The molecule has 1 aromatic heterocycles. The van der Waals surface area contributed by atoms with E-state index in [-0.39, 0.29) is 0 Å². The van der Waals surface area contributed by atoms with Crippen LogP contribution in [0.25, 0.3) is 0 Å². The molecule has 0 amide bonds. The minimum Gasteiger partial charge on any atom is -0.410 e. The van der Waals surface area contributed by atoms with Crippen LogP contribution in [-0.2, 0) is 0 Å². The van der Waals surface area contributed by atoms with Crippen molar-refractivity contribution in [3.05, 3.63) is 47.5 Å². The summed E-state index contributed by atoms with van der Waals surface area (Å²) in [5.41, 5.74) is 3.39. The Hall–Kier alpha value is -1.66. The molecule has 4 nitrogen and oxygen atoms in total. The van der Waals surface area contributed by atoms with Gasteiger partial charge in [-0.25, -0.2) is 4.98 Å². The molecule has 22 heavy (non-hydrogen) atoms. The second-order valence-electron chi connectivity index (χ2n) is 4.83. The van der Waals surface area contributed by atoms with Crippen LogP contribution >= 0.6 is 23.5 Å². The van der Waals surface area contributed by atoms with Crippen LogP contribution < -0.4 is 4.90 Å². The topological polar surface area (TPSA) is 48.7 Å². The maximum absolute atomic E-state index is 9.48. The first-order valence-corrected chi connectivity index (χ1v) is 9.14. The van der Waals surface area contributed by atoms with Crippen LogP contribution in [0.5, 0.6) is 0 Å². The van der Waals surface area contributed by atoms with E-state index in [1.54, 1.807) is 23.5 Å². The van der Waals surface area contributed by atoms with Crippen molar-refractivity contribution < 1.29 is 5.21 Å². The van der Waals surface area contributed by atoms with Crippen LogP contribution in [0, 0.1) is 0 Å². The van der Waals surface area contributed by atoms with Gasteiger partial charge in [0.1, 0.15) is 5.71 Å². The quantitative estimate of drug-likeness (QED) is 0.390. The fourth-order valence-corrected chi connectivity index (χ4v) is 2.95. The summed E-state index contributed by atoms with van der Waals surface area (Å²) in [6.07, 6.45) is 3.97. The molecule has 0 aliphatic heterocycles. The molecule has 6 heteroatoms. The van der Waals surface area contributed by atoms with Crippen molar-refractivity contribution in [3.63, 3.8) is 0 Å². The average molecular weight is 333 g/mol. The van der Waals surface area contributed by atoms with Gasteiger partial charge in [0.05, 0.1) is 10.1 Å². The minimum absolute atomic E-state index is 0.554. The van der Waals surface area contributed by atoms with Crippen LogP contribution in [0.3, 0.4) is 0 Å². The van der Waals surface area contributed by atoms with Crippen LogP contribution in [0.1, 0.15) is 11.1 Å². The second kappa shape index (κ2) is 7.56. The molecule has 2 rings (SSSR count). The third-order valence-electron chi connectivity index (χ3n) is 3.23. The van der Waals surface area contributed by atoms with Gasteiger partial charge in [0.2, 0.25) is 0 Å². The van der Waals surface area contributed by atoms with Gasteiger partial charge in [-0.1, -0.05) is 17.3 Å². The number of benzene rings is 1. The molecule has 116 valence electrons.